The van der Waals surface area contributed by atoms with Crippen LogP contribution in [-0.4, -0.2) is 24.7 Å². The Morgan fingerprint density at radius 2 is 1.18 bits per heavy atom. The molecule has 2 rings (SSSR count). The predicted octanol–water partition coefficient (Wildman–Crippen LogP) is 3.61. The van der Waals surface area contributed by atoms with Crippen molar-refractivity contribution in [2.75, 3.05) is 17.7 Å². The van der Waals surface area contributed by atoms with Crippen LogP contribution >= 0.6 is 0 Å². The molecule has 0 aliphatic rings. The maximum absolute atomic E-state index is 12.2. The standard InChI is InChI=1S/C18H20N2O2/c1-12(2)20-16-10-6-14(7-11-16)18(22)17(21)13-4-8-15(19-3)9-5-13/h4-12,19-20H,1-3H3. The van der Waals surface area contributed by atoms with Crippen molar-refractivity contribution in [3.05, 3.63) is 59.7 Å². The first-order valence-corrected chi connectivity index (χ1v) is 7.24. The predicted molar refractivity (Wildman–Crippen MR) is 89.9 cm³/mol. The maximum Gasteiger partial charge on any atom is 0.233 e. The molecular weight excluding hydrogens is 276 g/mol. The number of hydrogen-bond donors (Lipinski definition) is 2. The first kappa shape index (κ1) is 15.8. The van der Waals surface area contributed by atoms with Crippen molar-refractivity contribution in [3.8, 4) is 0 Å². The van der Waals surface area contributed by atoms with Gasteiger partial charge in [-0.2, -0.15) is 0 Å². The number of rotatable bonds is 6. The Hall–Kier alpha value is -2.62. The van der Waals surface area contributed by atoms with E-state index in [2.05, 4.69) is 10.6 Å². The van der Waals surface area contributed by atoms with Gasteiger partial charge >= 0.3 is 0 Å². The van der Waals surface area contributed by atoms with Gasteiger partial charge < -0.3 is 10.6 Å². The van der Waals surface area contributed by atoms with Crippen molar-refractivity contribution in [2.45, 2.75) is 19.9 Å². The Labute approximate surface area is 130 Å². The molecule has 2 aromatic carbocycles. The average molecular weight is 296 g/mol. The molecule has 4 nitrogen and oxygen atoms in total. The molecule has 0 unspecified atom stereocenters. The summed E-state index contributed by atoms with van der Waals surface area (Å²) in [6.07, 6.45) is 0. The van der Waals surface area contributed by atoms with Crippen molar-refractivity contribution in [2.24, 2.45) is 0 Å². The highest BCUT2D eigenvalue weighted by Crippen LogP contribution is 2.15. The maximum atomic E-state index is 12.2. The van der Waals surface area contributed by atoms with Gasteiger partial charge in [-0.25, -0.2) is 0 Å². The number of Topliss-reactive ketones (excluding diaryl/α,β-unsaturated/α-hetero) is 2. The number of carbonyl (C=O) groups is 2. The fourth-order valence-corrected chi connectivity index (χ4v) is 2.10. The molecule has 0 radical (unpaired) electrons. The number of anilines is 2. The van der Waals surface area contributed by atoms with Crippen LogP contribution in [-0.2, 0) is 0 Å². The molecular formula is C18H20N2O2. The quantitative estimate of drug-likeness (QED) is 0.631. The minimum Gasteiger partial charge on any atom is -0.388 e. The zero-order chi connectivity index (χ0) is 16.1. The van der Waals surface area contributed by atoms with Gasteiger partial charge in [0.15, 0.2) is 0 Å². The zero-order valence-corrected chi connectivity index (χ0v) is 13.0. The summed E-state index contributed by atoms with van der Waals surface area (Å²) in [7, 11) is 1.80. The Bertz CT molecular complexity index is 658. The van der Waals surface area contributed by atoms with Gasteiger partial charge in [0.25, 0.3) is 0 Å². The smallest absolute Gasteiger partial charge is 0.233 e. The van der Waals surface area contributed by atoms with Crippen LogP contribution in [0.5, 0.6) is 0 Å². The van der Waals surface area contributed by atoms with Crippen LogP contribution in [0.15, 0.2) is 48.5 Å². The van der Waals surface area contributed by atoms with Crippen molar-refractivity contribution in [1.29, 1.82) is 0 Å². The number of carbonyl (C=O) groups excluding carboxylic acids is 2. The monoisotopic (exact) mass is 296 g/mol. The van der Waals surface area contributed by atoms with E-state index in [1.54, 1.807) is 43.4 Å². The summed E-state index contributed by atoms with van der Waals surface area (Å²) < 4.78 is 0. The Balaban J connectivity index is 2.14. The summed E-state index contributed by atoms with van der Waals surface area (Å²) >= 11 is 0. The highest BCUT2D eigenvalue weighted by atomic mass is 16.2. The molecule has 0 aromatic heterocycles. The summed E-state index contributed by atoms with van der Waals surface area (Å²) in [5.41, 5.74) is 2.62. The lowest BCUT2D eigenvalue weighted by atomic mass is 10.0. The molecule has 0 fully saturated rings. The summed E-state index contributed by atoms with van der Waals surface area (Å²) in [5, 5.41) is 6.21. The second kappa shape index (κ2) is 6.89. The average Bonchev–Trinajstić information content (AvgIpc) is 2.54. The first-order valence-electron chi connectivity index (χ1n) is 7.24. The molecule has 114 valence electrons. The van der Waals surface area contributed by atoms with E-state index in [0.717, 1.165) is 11.4 Å². The first-order chi connectivity index (χ1) is 10.5. The molecule has 0 saturated heterocycles. The second-order valence-corrected chi connectivity index (χ2v) is 5.36. The van der Waals surface area contributed by atoms with Gasteiger partial charge in [-0.1, -0.05) is 0 Å². The lowest BCUT2D eigenvalue weighted by molar-refractivity contribution is 0.0817. The third kappa shape index (κ3) is 3.73. The highest BCUT2D eigenvalue weighted by Gasteiger charge is 2.18. The molecule has 0 spiro atoms. The van der Waals surface area contributed by atoms with Crippen molar-refractivity contribution in [3.63, 3.8) is 0 Å². The van der Waals surface area contributed by atoms with Crippen LogP contribution in [0.1, 0.15) is 34.6 Å². The van der Waals surface area contributed by atoms with Crippen LogP contribution in [0.2, 0.25) is 0 Å². The summed E-state index contributed by atoms with van der Waals surface area (Å²) in [6, 6.07) is 14.1. The van der Waals surface area contributed by atoms with Crippen LogP contribution < -0.4 is 10.6 Å². The molecule has 0 heterocycles. The molecule has 0 aliphatic carbocycles. The third-order valence-electron chi connectivity index (χ3n) is 3.24. The van der Waals surface area contributed by atoms with Gasteiger partial charge in [0.05, 0.1) is 0 Å². The summed E-state index contributed by atoms with van der Waals surface area (Å²) in [6.45, 7) is 4.08. The Morgan fingerprint density at radius 1 is 0.773 bits per heavy atom. The van der Waals surface area contributed by atoms with Gasteiger partial charge in [-0.15, -0.1) is 0 Å². The van der Waals surface area contributed by atoms with E-state index < -0.39 is 11.6 Å². The lowest BCUT2D eigenvalue weighted by Crippen LogP contribution is -2.15. The summed E-state index contributed by atoms with van der Waals surface area (Å²) in [5.74, 6) is -0.986. The number of benzene rings is 2. The molecule has 4 heteroatoms. The van der Waals surface area contributed by atoms with Gasteiger partial charge in [0.2, 0.25) is 11.6 Å². The minimum atomic E-state index is -0.493. The SMILES string of the molecule is CNc1ccc(C(=O)C(=O)c2ccc(NC(C)C)cc2)cc1. The Kier molecular flexibility index (Phi) is 4.94. The Morgan fingerprint density at radius 3 is 1.55 bits per heavy atom. The largest absolute Gasteiger partial charge is 0.388 e. The minimum absolute atomic E-state index is 0.314. The van der Waals surface area contributed by atoms with Crippen molar-refractivity contribution >= 4 is 22.9 Å². The highest BCUT2D eigenvalue weighted by molar-refractivity contribution is 6.49. The molecule has 0 saturated carbocycles. The van der Waals surface area contributed by atoms with Gasteiger partial charge in [-0.3, -0.25) is 9.59 Å². The van der Waals surface area contributed by atoms with Crippen molar-refractivity contribution < 1.29 is 9.59 Å². The van der Waals surface area contributed by atoms with E-state index in [0.29, 0.717) is 17.2 Å². The zero-order valence-electron chi connectivity index (χ0n) is 13.0. The molecule has 0 aliphatic heterocycles. The second-order valence-electron chi connectivity index (χ2n) is 5.36. The number of ketones is 2. The number of hydrogen-bond acceptors (Lipinski definition) is 4. The molecule has 22 heavy (non-hydrogen) atoms. The van der Waals surface area contributed by atoms with E-state index in [1.165, 1.54) is 0 Å². The van der Waals surface area contributed by atoms with E-state index in [4.69, 9.17) is 0 Å². The van der Waals surface area contributed by atoms with Crippen LogP contribution in [0.25, 0.3) is 0 Å². The fraction of sp³-hybridized carbons (Fsp3) is 0.222. The van der Waals surface area contributed by atoms with E-state index in [-0.39, 0.29) is 0 Å². The fourth-order valence-electron chi connectivity index (χ4n) is 2.10. The molecule has 0 atom stereocenters. The number of nitrogens with one attached hydrogen (secondary N) is 2. The van der Waals surface area contributed by atoms with Gasteiger partial charge in [-0.05, 0) is 62.4 Å². The topological polar surface area (TPSA) is 58.2 Å². The third-order valence-corrected chi connectivity index (χ3v) is 3.24. The van der Waals surface area contributed by atoms with E-state index in [1.807, 2.05) is 26.0 Å². The van der Waals surface area contributed by atoms with Crippen LogP contribution in [0.4, 0.5) is 11.4 Å². The lowest BCUT2D eigenvalue weighted by Gasteiger charge is -2.10. The summed E-state index contributed by atoms with van der Waals surface area (Å²) in [4.78, 5) is 24.5. The van der Waals surface area contributed by atoms with E-state index >= 15 is 0 Å². The normalized spacial score (nSPS) is 10.4. The van der Waals surface area contributed by atoms with Gasteiger partial charge in [0, 0.05) is 35.6 Å². The van der Waals surface area contributed by atoms with Gasteiger partial charge in [0.1, 0.15) is 0 Å². The van der Waals surface area contributed by atoms with Crippen LogP contribution in [0.3, 0.4) is 0 Å². The van der Waals surface area contributed by atoms with Crippen molar-refractivity contribution in [1.82, 2.24) is 0 Å². The van der Waals surface area contributed by atoms with E-state index in [9.17, 15) is 9.59 Å². The molecule has 0 bridgehead atoms. The molecule has 0 amide bonds. The van der Waals surface area contributed by atoms with Crippen LogP contribution in [0, 0.1) is 0 Å². The molecule has 2 N–H and O–H groups in total. The molecule has 2 aromatic rings.